The Morgan fingerprint density at radius 1 is 1.06 bits per heavy atom. The third-order valence-corrected chi connectivity index (χ3v) is 8.58. The number of benzene rings is 1. The average Bonchev–Trinajstić information content (AvgIpc) is 3.29. The number of nitrogens with zero attached hydrogens (tertiary/aromatic N) is 3. The molecule has 1 unspecified atom stereocenters. The van der Waals surface area contributed by atoms with Crippen molar-refractivity contribution in [2.75, 3.05) is 12.0 Å². The SMILES string of the molecule is COC(=O)N1c2ccc3c(nc([C@@H](C)OC4CCCCC4)n3C3CCC(C(=O)O)CC3)c2CCC1C. The molecule has 8 heteroatoms. The third-order valence-electron chi connectivity index (χ3n) is 8.58. The van der Waals surface area contributed by atoms with E-state index in [1.54, 1.807) is 4.90 Å². The summed E-state index contributed by atoms with van der Waals surface area (Å²) in [4.78, 5) is 31.1. The van der Waals surface area contributed by atoms with E-state index in [9.17, 15) is 14.7 Å². The molecule has 2 saturated carbocycles. The Labute approximate surface area is 213 Å². The molecule has 1 N–H and O–H groups in total. The number of amides is 1. The Morgan fingerprint density at radius 3 is 2.44 bits per heavy atom. The molecular formula is C28H39N3O5. The van der Waals surface area contributed by atoms with Crippen molar-refractivity contribution in [2.24, 2.45) is 5.92 Å². The number of anilines is 1. The molecule has 0 radical (unpaired) electrons. The summed E-state index contributed by atoms with van der Waals surface area (Å²) in [7, 11) is 1.42. The van der Waals surface area contributed by atoms with E-state index in [2.05, 4.69) is 24.5 Å². The summed E-state index contributed by atoms with van der Waals surface area (Å²) in [6, 6.07) is 4.36. The highest BCUT2D eigenvalue weighted by Gasteiger charge is 2.35. The minimum absolute atomic E-state index is 0.0591. The summed E-state index contributed by atoms with van der Waals surface area (Å²) in [5.74, 6) is -0.0338. The molecule has 2 heterocycles. The molecule has 0 spiro atoms. The Bertz CT molecular complexity index is 1110. The fourth-order valence-corrected chi connectivity index (χ4v) is 6.60. The lowest BCUT2D eigenvalue weighted by molar-refractivity contribution is -0.143. The van der Waals surface area contributed by atoms with E-state index in [-0.39, 0.29) is 36.3 Å². The fraction of sp³-hybridized carbons (Fsp3) is 0.679. The number of aryl methyl sites for hydroxylation is 1. The van der Waals surface area contributed by atoms with Gasteiger partial charge in [0.15, 0.2) is 0 Å². The van der Waals surface area contributed by atoms with E-state index in [1.807, 2.05) is 6.07 Å². The normalized spacial score (nSPS) is 26.0. The van der Waals surface area contributed by atoms with Crippen molar-refractivity contribution in [3.63, 3.8) is 0 Å². The second-order valence-electron chi connectivity index (χ2n) is 10.9. The predicted octanol–water partition coefficient (Wildman–Crippen LogP) is 6.17. The number of fused-ring (bicyclic) bond motifs is 3. The third kappa shape index (κ3) is 4.60. The van der Waals surface area contributed by atoms with Gasteiger partial charge in [0.2, 0.25) is 0 Å². The summed E-state index contributed by atoms with van der Waals surface area (Å²) >= 11 is 0. The first-order chi connectivity index (χ1) is 17.4. The molecule has 1 amide bonds. The topological polar surface area (TPSA) is 93.9 Å². The second kappa shape index (κ2) is 10.4. The summed E-state index contributed by atoms with van der Waals surface area (Å²) in [6.45, 7) is 4.15. The quantitative estimate of drug-likeness (QED) is 0.531. The first-order valence-electron chi connectivity index (χ1n) is 13.7. The number of imidazole rings is 1. The zero-order chi connectivity index (χ0) is 25.4. The summed E-state index contributed by atoms with van der Waals surface area (Å²) < 4.78 is 14.0. The molecule has 2 aromatic rings. The minimum atomic E-state index is -0.691. The fourth-order valence-electron chi connectivity index (χ4n) is 6.60. The molecule has 5 rings (SSSR count). The lowest BCUT2D eigenvalue weighted by atomic mass is 9.85. The van der Waals surface area contributed by atoms with Crippen LogP contribution in [0.5, 0.6) is 0 Å². The van der Waals surface area contributed by atoms with Crippen molar-refractivity contribution in [2.45, 2.75) is 109 Å². The number of ether oxygens (including phenoxy) is 2. The van der Waals surface area contributed by atoms with Gasteiger partial charge in [-0.05, 0) is 77.3 Å². The highest BCUT2D eigenvalue weighted by molar-refractivity contribution is 5.95. The molecule has 0 bridgehead atoms. The number of carboxylic acid groups (broad SMARTS) is 1. The van der Waals surface area contributed by atoms with E-state index in [0.717, 1.165) is 66.6 Å². The molecule has 3 aliphatic rings. The van der Waals surface area contributed by atoms with Crippen molar-refractivity contribution in [3.8, 4) is 0 Å². The number of rotatable bonds is 5. The zero-order valence-electron chi connectivity index (χ0n) is 21.7. The van der Waals surface area contributed by atoms with Gasteiger partial charge in [-0.15, -0.1) is 0 Å². The van der Waals surface area contributed by atoms with Gasteiger partial charge in [-0.3, -0.25) is 9.69 Å². The predicted molar refractivity (Wildman–Crippen MR) is 137 cm³/mol. The van der Waals surface area contributed by atoms with E-state index < -0.39 is 5.97 Å². The maximum absolute atomic E-state index is 12.6. The summed E-state index contributed by atoms with van der Waals surface area (Å²) in [5, 5.41) is 9.51. The number of carbonyl (C=O) groups excluding carboxylic acids is 1. The number of carbonyl (C=O) groups is 2. The maximum Gasteiger partial charge on any atom is 0.414 e. The monoisotopic (exact) mass is 497 g/mol. The highest BCUT2D eigenvalue weighted by atomic mass is 16.5. The van der Waals surface area contributed by atoms with Gasteiger partial charge in [0.1, 0.15) is 11.9 Å². The molecule has 2 fully saturated rings. The Kier molecular flexibility index (Phi) is 7.24. The van der Waals surface area contributed by atoms with Gasteiger partial charge in [-0.25, -0.2) is 9.78 Å². The molecule has 2 atom stereocenters. The first-order valence-corrected chi connectivity index (χ1v) is 13.7. The van der Waals surface area contributed by atoms with Crippen LogP contribution in [-0.4, -0.2) is 46.0 Å². The lowest BCUT2D eigenvalue weighted by Crippen LogP contribution is -2.42. The number of carboxylic acids is 1. The summed E-state index contributed by atoms with van der Waals surface area (Å²) in [6.07, 6.45) is 10.3. The molecule has 1 aliphatic heterocycles. The van der Waals surface area contributed by atoms with Crippen molar-refractivity contribution < 1.29 is 24.2 Å². The molecular weight excluding hydrogens is 458 g/mol. The molecule has 0 saturated heterocycles. The van der Waals surface area contributed by atoms with Crippen LogP contribution in [0.15, 0.2) is 12.1 Å². The number of hydrogen-bond acceptors (Lipinski definition) is 5. The van der Waals surface area contributed by atoms with E-state index in [4.69, 9.17) is 14.5 Å². The van der Waals surface area contributed by atoms with Gasteiger partial charge in [0.25, 0.3) is 0 Å². The Hall–Kier alpha value is -2.61. The number of aromatic nitrogens is 2. The van der Waals surface area contributed by atoms with Crippen LogP contribution in [0.2, 0.25) is 0 Å². The molecule has 1 aromatic carbocycles. The van der Waals surface area contributed by atoms with Gasteiger partial charge in [0, 0.05) is 17.6 Å². The van der Waals surface area contributed by atoms with Crippen molar-refractivity contribution >= 4 is 28.8 Å². The lowest BCUT2D eigenvalue weighted by Gasteiger charge is -2.34. The van der Waals surface area contributed by atoms with Gasteiger partial charge in [0.05, 0.1) is 35.9 Å². The smallest absolute Gasteiger partial charge is 0.414 e. The molecule has 36 heavy (non-hydrogen) atoms. The van der Waals surface area contributed by atoms with Crippen LogP contribution in [0.25, 0.3) is 11.0 Å². The van der Waals surface area contributed by atoms with Crippen LogP contribution < -0.4 is 4.90 Å². The van der Waals surface area contributed by atoms with Crippen molar-refractivity contribution in [1.82, 2.24) is 9.55 Å². The molecule has 1 aromatic heterocycles. The van der Waals surface area contributed by atoms with Gasteiger partial charge < -0.3 is 19.1 Å². The van der Waals surface area contributed by atoms with Gasteiger partial charge in [-0.1, -0.05) is 19.3 Å². The van der Waals surface area contributed by atoms with Crippen molar-refractivity contribution in [1.29, 1.82) is 0 Å². The zero-order valence-corrected chi connectivity index (χ0v) is 21.7. The van der Waals surface area contributed by atoms with Gasteiger partial charge in [-0.2, -0.15) is 0 Å². The largest absolute Gasteiger partial charge is 0.481 e. The van der Waals surface area contributed by atoms with E-state index >= 15 is 0 Å². The minimum Gasteiger partial charge on any atom is -0.481 e. The average molecular weight is 498 g/mol. The van der Waals surface area contributed by atoms with Crippen LogP contribution >= 0.6 is 0 Å². The van der Waals surface area contributed by atoms with Crippen LogP contribution in [-0.2, 0) is 20.7 Å². The number of methoxy groups -OCH3 is 1. The van der Waals surface area contributed by atoms with Crippen LogP contribution in [0.1, 0.15) is 102 Å². The van der Waals surface area contributed by atoms with Crippen LogP contribution in [0.3, 0.4) is 0 Å². The first kappa shape index (κ1) is 25.1. The van der Waals surface area contributed by atoms with E-state index in [1.165, 1.54) is 26.4 Å². The van der Waals surface area contributed by atoms with Gasteiger partial charge >= 0.3 is 12.1 Å². The Balaban J connectivity index is 1.56. The number of aliphatic carboxylic acids is 1. The van der Waals surface area contributed by atoms with E-state index in [0.29, 0.717) is 12.8 Å². The molecule has 196 valence electrons. The Morgan fingerprint density at radius 2 is 1.78 bits per heavy atom. The standard InChI is InChI=1S/C28H39N3O5/c1-17-9-14-22-23(30(17)28(34)35-3)15-16-24-25(22)29-26(18(2)36-21-7-5-4-6-8-21)31(24)20-12-10-19(11-13-20)27(32)33/h15-21H,4-14H2,1-3H3,(H,32,33)/t17?,18-,19?,20?/m1/s1. The summed E-state index contributed by atoms with van der Waals surface area (Å²) in [5.41, 5.74) is 3.95. The van der Waals surface area contributed by atoms with Crippen LogP contribution in [0, 0.1) is 5.92 Å². The van der Waals surface area contributed by atoms with Crippen LogP contribution in [0.4, 0.5) is 10.5 Å². The molecule has 8 nitrogen and oxygen atoms in total. The number of hydrogen-bond donors (Lipinski definition) is 1. The van der Waals surface area contributed by atoms with Crippen molar-refractivity contribution in [3.05, 3.63) is 23.5 Å². The maximum atomic E-state index is 12.6. The molecule has 2 aliphatic carbocycles. The second-order valence-corrected chi connectivity index (χ2v) is 10.9. The highest BCUT2D eigenvalue weighted by Crippen LogP contribution is 2.42.